The monoisotopic (exact) mass is 319 g/mol. The summed E-state index contributed by atoms with van der Waals surface area (Å²) in [7, 11) is 0. The number of pyridine rings is 1. The predicted octanol–water partition coefficient (Wildman–Crippen LogP) is 4.63. The van der Waals surface area contributed by atoms with E-state index in [1.807, 2.05) is 13.0 Å². The Labute approximate surface area is 143 Å². The molecule has 2 aromatic heterocycles. The molecule has 0 atom stereocenters. The smallest absolute Gasteiger partial charge is 0.140 e. The Kier molecular flexibility index (Phi) is 4.24. The fourth-order valence-electron chi connectivity index (χ4n) is 3.45. The number of nitrogens with zero attached hydrogens (tertiary/aromatic N) is 2. The van der Waals surface area contributed by atoms with Crippen molar-refractivity contribution in [2.24, 2.45) is 5.92 Å². The maximum Gasteiger partial charge on any atom is 0.140 e. The van der Waals surface area contributed by atoms with Crippen molar-refractivity contribution in [1.29, 1.82) is 0 Å². The average Bonchev–Trinajstić information content (AvgIpc) is 2.90. The van der Waals surface area contributed by atoms with Crippen molar-refractivity contribution in [2.45, 2.75) is 39.2 Å². The van der Waals surface area contributed by atoms with E-state index in [1.54, 1.807) is 6.20 Å². The van der Waals surface area contributed by atoms with E-state index in [9.17, 15) is 0 Å². The predicted molar refractivity (Wildman–Crippen MR) is 96.3 cm³/mol. The van der Waals surface area contributed by atoms with E-state index in [-0.39, 0.29) is 0 Å². The standard InChI is InChI=1S/C21H23N2O/c1-2-24-20-10-8-16(9-11-20)13-19-14-18-7-4-12-22-21(18)23(19)15-17-5-3-6-17/h7-12,14,17H,2-3,5-6,13,15H2,1H3. The Morgan fingerprint density at radius 3 is 2.79 bits per heavy atom. The molecule has 1 aliphatic carbocycles. The number of hydrogen-bond donors (Lipinski definition) is 0. The summed E-state index contributed by atoms with van der Waals surface area (Å²) >= 11 is 0. The second-order valence-corrected chi connectivity index (χ2v) is 6.65. The molecular weight excluding hydrogens is 296 g/mol. The molecule has 1 saturated carbocycles. The first kappa shape index (κ1) is 15.3. The SMILES string of the molecule is CCOc1ccc(Cc2cc3c[c]cnc3n2CC2CCC2)cc1. The van der Waals surface area contributed by atoms with Crippen LogP contribution in [0.2, 0.25) is 0 Å². The molecule has 0 N–H and O–H groups in total. The summed E-state index contributed by atoms with van der Waals surface area (Å²) in [6.45, 7) is 3.81. The largest absolute Gasteiger partial charge is 0.494 e. The third kappa shape index (κ3) is 3.03. The van der Waals surface area contributed by atoms with Crippen molar-refractivity contribution >= 4 is 11.0 Å². The van der Waals surface area contributed by atoms with Crippen LogP contribution < -0.4 is 4.74 Å². The Morgan fingerprint density at radius 1 is 1.25 bits per heavy atom. The van der Waals surface area contributed by atoms with E-state index in [1.165, 1.54) is 35.9 Å². The summed E-state index contributed by atoms with van der Waals surface area (Å²) in [4.78, 5) is 4.58. The van der Waals surface area contributed by atoms with E-state index >= 15 is 0 Å². The number of hydrogen-bond acceptors (Lipinski definition) is 2. The van der Waals surface area contributed by atoms with Crippen LogP contribution >= 0.6 is 0 Å². The van der Waals surface area contributed by atoms with Crippen LogP contribution in [0.1, 0.15) is 37.4 Å². The highest BCUT2D eigenvalue weighted by atomic mass is 16.5. The Balaban J connectivity index is 1.63. The van der Waals surface area contributed by atoms with Gasteiger partial charge in [0, 0.05) is 36.3 Å². The van der Waals surface area contributed by atoms with Crippen molar-refractivity contribution in [2.75, 3.05) is 6.61 Å². The Hall–Kier alpha value is -2.29. The van der Waals surface area contributed by atoms with E-state index in [4.69, 9.17) is 4.74 Å². The fourth-order valence-corrected chi connectivity index (χ4v) is 3.45. The van der Waals surface area contributed by atoms with Crippen molar-refractivity contribution < 1.29 is 4.74 Å². The number of aromatic nitrogens is 2. The molecule has 0 unspecified atom stereocenters. The van der Waals surface area contributed by atoms with Gasteiger partial charge in [-0.1, -0.05) is 18.6 Å². The molecule has 0 spiro atoms. The highest BCUT2D eigenvalue weighted by Gasteiger charge is 2.20. The average molecular weight is 319 g/mol. The molecule has 0 aliphatic heterocycles. The zero-order chi connectivity index (χ0) is 16.4. The molecule has 24 heavy (non-hydrogen) atoms. The van der Waals surface area contributed by atoms with Crippen LogP contribution in [0.15, 0.2) is 42.6 Å². The van der Waals surface area contributed by atoms with Gasteiger partial charge in [0.2, 0.25) is 0 Å². The Morgan fingerprint density at radius 2 is 2.08 bits per heavy atom. The molecule has 0 saturated heterocycles. The maximum absolute atomic E-state index is 5.54. The van der Waals surface area contributed by atoms with Gasteiger partial charge in [-0.25, -0.2) is 4.98 Å². The van der Waals surface area contributed by atoms with Crippen LogP contribution in [0.25, 0.3) is 11.0 Å². The number of rotatable bonds is 6. The normalized spacial score (nSPS) is 14.7. The van der Waals surface area contributed by atoms with Gasteiger partial charge in [-0.05, 0) is 55.5 Å². The Bertz CT molecular complexity index is 815. The van der Waals surface area contributed by atoms with E-state index in [0.717, 1.165) is 30.3 Å². The summed E-state index contributed by atoms with van der Waals surface area (Å²) in [5.74, 6) is 1.75. The van der Waals surface area contributed by atoms with Crippen LogP contribution in [0, 0.1) is 12.0 Å². The van der Waals surface area contributed by atoms with Crippen LogP contribution in [0.5, 0.6) is 5.75 Å². The van der Waals surface area contributed by atoms with Gasteiger partial charge in [-0.2, -0.15) is 0 Å². The van der Waals surface area contributed by atoms with E-state index in [2.05, 4.69) is 45.9 Å². The van der Waals surface area contributed by atoms with Gasteiger partial charge in [-0.3, -0.25) is 0 Å². The first-order valence-corrected chi connectivity index (χ1v) is 8.89. The minimum Gasteiger partial charge on any atom is -0.494 e. The third-order valence-electron chi connectivity index (χ3n) is 4.97. The van der Waals surface area contributed by atoms with Crippen LogP contribution in [-0.2, 0) is 13.0 Å². The van der Waals surface area contributed by atoms with Crippen LogP contribution in [0.3, 0.4) is 0 Å². The zero-order valence-electron chi connectivity index (χ0n) is 14.2. The fraction of sp³-hybridized carbons (Fsp3) is 0.381. The van der Waals surface area contributed by atoms with Crippen molar-refractivity contribution in [3.05, 3.63) is 59.9 Å². The van der Waals surface area contributed by atoms with Crippen LogP contribution in [0.4, 0.5) is 0 Å². The van der Waals surface area contributed by atoms with Crippen molar-refractivity contribution in [3.8, 4) is 5.75 Å². The molecule has 2 heterocycles. The lowest BCUT2D eigenvalue weighted by atomic mass is 9.85. The highest BCUT2D eigenvalue weighted by molar-refractivity contribution is 5.77. The molecule has 0 amide bonds. The van der Waals surface area contributed by atoms with E-state index < -0.39 is 0 Å². The highest BCUT2D eigenvalue weighted by Crippen LogP contribution is 2.31. The lowest BCUT2D eigenvalue weighted by molar-refractivity contribution is 0.277. The summed E-state index contributed by atoms with van der Waals surface area (Å²) in [6.07, 6.45) is 6.78. The van der Waals surface area contributed by atoms with Crippen molar-refractivity contribution in [3.63, 3.8) is 0 Å². The zero-order valence-corrected chi connectivity index (χ0v) is 14.2. The first-order chi connectivity index (χ1) is 11.8. The molecule has 1 aromatic carbocycles. The van der Waals surface area contributed by atoms with Gasteiger partial charge >= 0.3 is 0 Å². The summed E-state index contributed by atoms with van der Waals surface area (Å²) < 4.78 is 7.96. The molecule has 0 bridgehead atoms. The second-order valence-electron chi connectivity index (χ2n) is 6.65. The minimum absolute atomic E-state index is 0.706. The summed E-state index contributed by atoms with van der Waals surface area (Å²) in [6, 6.07) is 15.9. The van der Waals surface area contributed by atoms with Gasteiger partial charge < -0.3 is 9.30 Å². The number of fused-ring (bicyclic) bond motifs is 1. The molecule has 3 heteroatoms. The van der Waals surface area contributed by atoms with Gasteiger partial charge in [0.05, 0.1) is 6.61 Å². The molecule has 1 fully saturated rings. The molecule has 1 radical (unpaired) electrons. The number of benzene rings is 1. The molecule has 123 valence electrons. The van der Waals surface area contributed by atoms with E-state index in [0.29, 0.717) is 6.61 Å². The molecular formula is C21H23N2O. The van der Waals surface area contributed by atoms with Crippen molar-refractivity contribution in [1.82, 2.24) is 9.55 Å². The summed E-state index contributed by atoms with van der Waals surface area (Å²) in [5.41, 5.74) is 3.75. The number of ether oxygens (including phenoxy) is 1. The van der Waals surface area contributed by atoms with Gasteiger partial charge in [0.1, 0.15) is 11.4 Å². The van der Waals surface area contributed by atoms with Crippen LogP contribution in [-0.4, -0.2) is 16.2 Å². The lowest BCUT2D eigenvalue weighted by Gasteiger charge is -2.27. The molecule has 4 rings (SSSR count). The second kappa shape index (κ2) is 6.68. The lowest BCUT2D eigenvalue weighted by Crippen LogP contribution is -2.19. The summed E-state index contributed by atoms with van der Waals surface area (Å²) in [5, 5.41) is 1.19. The van der Waals surface area contributed by atoms with Gasteiger partial charge in [0.25, 0.3) is 0 Å². The topological polar surface area (TPSA) is 27.1 Å². The molecule has 3 aromatic rings. The maximum atomic E-state index is 5.54. The molecule has 1 aliphatic rings. The van der Waals surface area contributed by atoms with Gasteiger partial charge in [0.15, 0.2) is 0 Å². The first-order valence-electron chi connectivity index (χ1n) is 8.89. The van der Waals surface area contributed by atoms with Gasteiger partial charge in [-0.15, -0.1) is 0 Å². The minimum atomic E-state index is 0.706. The third-order valence-corrected chi connectivity index (χ3v) is 4.97. The quantitative estimate of drug-likeness (QED) is 0.662. The molecule has 3 nitrogen and oxygen atoms in total.